The van der Waals surface area contributed by atoms with Crippen LogP contribution >= 0.6 is 0 Å². The first-order valence-electron chi connectivity index (χ1n) is 5.31. The van der Waals surface area contributed by atoms with E-state index in [1.807, 2.05) is 0 Å². The number of nitrogens with one attached hydrogen (secondary N) is 1. The second-order valence-corrected chi connectivity index (χ2v) is 3.80. The maximum atomic E-state index is 11.6. The second kappa shape index (κ2) is 4.40. The number of carbonyl (C=O) groups is 2. The fourth-order valence-corrected chi connectivity index (χ4v) is 1.79. The van der Waals surface area contributed by atoms with Gasteiger partial charge in [-0.25, -0.2) is 10.00 Å². The van der Waals surface area contributed by atoms with E-state index in [9.17, 15) is 14.4 Å². The average molecular weight is 245 g/mol. The van der Waals surface area contributed by atoms with E-state index in [-0.39, 0.29) is 11.4 Å². The molecule has 1 aromatic heterocycles. The zero-order valence-electron chi connectivity index (χ0n) is 9.93. The maximum Gasteiger partial charge on any atom is 0.272 e. The summed E-state index contributed by atoms with van der Waals surface area (Å²) in [6, 6.07) is 6.67. The Kier molecular flexibility index (Phi) is 2.93. The lowest BCUT2D eigenvalue weighted by Gasteiger charge is -2.16. The van der Waals surface area contributed by atoms with Gasteiger partial charge in [0.05, 0.1) is 5.39 Å². The molecule has 6 heteroatoms. The van der Waals surface area contributed by atoms with Crippen molar-refractivity contribution in [2.75, 3.05) is 4.90 Å². The number of aromatic nitrogens is 2. The molecule has 0 bridgehead atoms. The van der Waals surface area contributed by atoms with E-state index in [0.717, 1.165) is 4.90 Å². The van der Waals surface area contributed by atoms with Crippen LogP contribution in [0.4, 0.5) is 5.82 Å². The molecule has 0 aliphatic rings. The van der Waals surface area contributed by atoms with E-state index in [2.05, 4.69) is 10.2 Å². The number of nitrogens with zero attached hydrogens (tertiary/aromatic N) is 2. The number of hydrogen-bond acceptors (Lipinski definition) is 4. The topological polar surface area (TPSA) is 83.1 Å². The van der Waals surface area contributed by atoms with Gasteiger partial charge in [-0.05, 0) is 6.07 Å². The quantitative estimate of drug-likeness (QED) is 0.806. The lowest BCUT2D eigenvalue weighted by molar-refractivity contribution is -0.124. The van der Waals surface area contributed by atoms with Crippen molar-refractivity contribution in [3.63, 3.8) is 0 Å². The number of amides is 2. The van der Waals surface area contributed by atoms with Crippen molar-refractivity contribution >= 4 is 28.4 Å². The Hall–Kier alpha value is -2.50. The van der Waals surface area contributed by atoms with Crippen LogP contribution in [0.25, 0.3) is 10.8 Å². The Balaban J connectivity index is 2.79. The third-order valence-corrected chi connectivity index (χ3v) is 2.52. The van der Waals surface area contributed by atoms with Gasteiger partial charge in [0.2, 0.25) is 11.8 Å². The van der Waals surface area contributed by atoms with Gasteiger partial charge in [0.25, 0.3) is 5.56 Å². The molecule has 2 rings (SSSR count). The number of benzene rings is 1. The normalized spacial score (nSPS) is 10.3. The van der Waals surface area contributed by atoms with Gasteiger partial charge in [-0.1, -0.05) is 18.2 Å². The summed E-state index contributed by atoms with van der Waals surface area (Å²) in [7, 11) is 0. The minimum atomic E-state index is -0.452. The highest BCUT2D eigenvalue weighted by Crippen LogP contribution is 2.21. The zero-order valence-corrected chi connectivity index (χ0v) is 9.93. The summed E-state index contributed by atoms with van der Waals surface area (Å²) in [5.41, 5.74) is -0.360. The molecule has 6 nitrogen and oxygen atoms in total. The monoisotopic (exact) mass is 245 g/mol. The van der Waals surface area contributed by atoms with Gasteiger partial charge >= 0.3 is 0 Å². The molecule has 0 unspecified atom stereocenters. The van der Waals surface area contributed by atoms with E-state index in [4.69, 9.17) is 0 Å². The SMILES string of the molecule is CC(=O)N(C(C)=O)c1n[nH]c(=O)c2ccccc12. The molecule has 0 radical (unpaired) electrons. The molecular formula is C12H11N3O3. The third kappa shape index (κ3) is 1.88. The number of rotatable bonds is 1. The lowest BCUT2D eigenvalue weighted by atomic mass is 10.2. The van der Waals surface area contributed by atoms with Gasteiger partial charge in [0.15, 0.2) is 5.82 Å². The summed E-state index contributed by atoms with van der Waals surface area (Å²) >= 11 is 0. The number of hydrogen-bond donors (Lipinski definition) is 1. The highest BCUT2D eigenvalue weighted by atomic mass is 16.2. The number of H-pyrrole nitrogens is 1. The Morgan fingerprint density at radius 2 is 1.67 bits per heavy atom. The fourth-order valence-electron chi connectivity index (χ4n) is 1.79. The second-order valence-electron chi connectivity index (χ2n) is 3.80. The first kappa shape index (κ1) is 12.0. The smallest absolute Gasteiger partial charge is 0.272 e. The Labute approximate surface area is 102 Å². The van der Waals surface area contributed by atoms with Crippen LogP contribution in [0.15, 0.2) is 29.1 Å². The standard InChI is InChI=1S/C12H11N3O3/c1-7(16)15(8(2)17)11-9-5-3-4-6-10(9)12(18)14-13-11/h3-6H,1-2H3,(H,14,18). The van der Waals surface area contributed by atoms with Crippen molar-refractivity contribution in [1.29, 1.82) is 0 Å². The maximum absolute atomic E-state index is 11.6. The summed E-state index contributed by atoms with van der Waals surface area (Å²) in [6.07, 6.45) is 0. The van der Waals surface area contributed by atoms with Crippen LogP contribution in [-0.2, 0) is 9.59 Å². The summed E-state index contributed by atoms with van der Waals surface area (Å²) in [4.78, 5) is 35.5. The fraction of sp³-hybridized carbons (Fsp3) is 0.167. The summed E-state index contributed by atoms with van der Waals surface area (Å²) in [6.45, 7) is 2.53. The molecule has 0 aliphatic carbocycles. The molecule has 0 aliphatic heterocycles. The molecule has 2 amide bonds. The van der Waals surface area contributed by atoms with Crippen molar-refractivity contribution in [3.8, 4) is 0 Å². The minimum Gasteiger partial charge on any atom is -0.274 e. The predicted octanol–water partition coefficient (Wildman–Crippen LogP) is 0.822. The number of carbonyl (C=O) groups excluding carboxylic acids is 2. The Bertz CT molecular complexity index is 676. The van der Waals surface area contributed by atoms with E-state index in [0.29, 0.717) is 10.8 Å². The van der Waals surface area contributed by atoms with E-state index in [1.54, 1.807) is 24.3 Å². The minimum absolute atomic E-state index is 0.144. The van der Waals surface area contributed by atoms with E-state index in [1.165, 1.54) is 13.8 Å². The Morgan fingerprint density at radius 1 is 1.11 bits per heavy atom. The highest BCUT2D eigenvalue weighted by molar-refractivity contribution is 6.16. The van der Waals surface area contributed by atoms with Crippen LogP contribution in [-0.4, -0.2) is 22.0 Å². The molecule has 18 heavy (non-hydrogen) atoms. The number of aromatic amines is 1. The van der Waals surface area contributed by atoms with E-state index < -0.39 is 11.8 Å². The van der Waals surface area contributed by atoms with Crippen LogP contribution in [0.1, 0.15) is 13.8 Å². The van der Waals surface area contributed by atoms with Crippen molar-refractivity contribution < 1.29 is 9.59 Å². The van der Waals surface area contributed by atoms with Gasteiger partial charge < -0.3 is 0 Å². The van der Waals surface area contributed by atoms with Crippen molar-refractivity contribution in [2.24, 2.45) is 0 Å². The molecular weight excluding hydrogens is 234 g/mol. The summed E-state index contributed by atoms with van der Waals surface area (Å²) in [5.74, 6) is -0.760. The molecule has 0 saturated carbocycles. The average Bonchev–Trinajstić information content (AvgIpc) is 2.32. The first-order chi connectivity index (χ1) is 8.52. The number of anilines is 1. The van der Waals surface area contributed by atoms with Gasteiger partial charge in [-0.15, -0.1) is 0 Å². The molecule has 1 heterocycles. The van der Waals surface area contributed by atoms with Gasteiger partial charge in [-0.2, -0.15) is 5.10 Å². The molecule has 0 fully saturated rings. The predicted molar refractivity (Wildman–Crippen MR) is 66.2 cm³/mol. The number of imide groups is 1. The molecule has 0 saturated heterocycles. The molecule has 1 aromatic carbocycles. The molecule has 2 aromatic rings. The van der Waals surface area contributed by atoms with Crippen molar-refractivity contribution in [1.82, 2.24) is 10.2 Å². The number of fused-ring (bicyclic) bond motifs is 1. The van der Waals surface area contributed by atoms with Crippen LogP contribution < -0.4 is 10.5 Å². The molecule has 0 spiro atoms. The molecule has 0 atom stereocenters. The van der Waals surface area contributed by atoms with E-state index >= 15 is 0 Å². The van der Waals surface area contributed by atoms with Gasteiger partial charge in [0.1, 0.15) is 0 Å². The highest BCUT2D eigenvalue weighted by Gasteiger charge is 2.20. The van der Waals surface area contributed by atoms with Crippen molar-refractivity contribution in [3.05, 3.63) is 34.6 Å². The van der Waals surface area contributed by atoms with Crippen molar-refractivity contribution in [2.45, 2.75) is 13.8 Å². The molecule has 92 valence electrons. The third-order valence-electron chi connectivity index (χ3n) is 2.52. The van der Waals surface area contributed by atoms with Crippen LogP contribution in [0.5, 0.6) is 0 Å². The summed E-state index contributed by atoms with van der Waals surface area (Å²) in [5, 5.41) is 6.93. The Morgan fingerprint density at radius 3 is 2.22 bits per heavy atom. The van der Waals surface area contributed by atoms with Crippen LogP contribution in [0.3, 0.4) is 0 Å². The first-order valence-corrected chi connectivity index (χ1v) is 5.31. The van der Waals surface area contributed by atoms with Crippen LogP contribution in [0.2, 0.25) is 0 Å². The van der Waals surface area contributed by atoms with Gasteiger partial charge in [0, 0.05) is 19.2 Å². The van der Waals surface area contributed by atoms with Crippen LogP contribution in [0, 0.1) is 0 Å². The largest absolute Gasteiger partial charge is 0.274 e. The summed E-state index contributed by atoms with van der Waals surface area (Å²) < 4.78 is 0. The zero-order chi connectivity index (χ0) is 13.3. The van der Waals surface area contributed by atoms with Gasteiger partial charge in [-0.3, -0.25) is 14.4 Å². The molecule has 1 N–H and O–H groups in total. The lowest BCUT2D eigenvalue weighted by Crippen LogP contribution is -2.34.